The van der Waals surface area contributed by atoms with Gasteiger partial charge in [-0.1, -0.05) is 0 Å². The van der Waals surface area contributed by atoms with Crippen LogP contribution in [0.2, 0.25) is 0 Å². The minimum atomic E-state index is -0.0379. The van der Waals surface area contributed by atoms with Crippen molar-refractivity contribution in [3.05, 3.63) is 23.3 Å². The van der Waals surface area contributed by atoms with Gasteiger partial charge >= 0.3 is 0 Å². The molecule has 3 heteroatoms. The zero-order valence-electron chi connectivity index (χ0n) is 7.70. The average molecular weight is 180 g/mol. The number of hydrogen-bond acceptors (Lipinski definition) is 3. The van der Waals surface area contributed by atoms with Crippen LogP contribution in [0.4, 0.5) is 0 Å². The smallest absolute Gasteiger partial charge is 0.153 e. The van der Waals surface area contributed by atoms with Gasteiger partial charge in [-0.05, 0) is 25.5 Å². The molecule has 0 amide bonds. The second kappa shape index (κ2) is 3.94. The molecule has 0 aromatic heterocycles. The number of benzene rings is 1. The second-order valence-corrected chi connectivity index (χ2v) is 2.73. The van der Waals surface area contributed by atoms with Gasteiger partial charge in [-0.25, -0.2) is 0 Å². The first kappa shape index (κ1) is 9.58. The zero-order valence-corrected chi connectivity index (χ0v) is 7.70. The third kappa shape index (κ3) is 1.99. The lowest BCUT2D eigenvalue weighted by atomic mass is 10.1. The first-order valence-corrected chi connectivity index (χ1v) is 4.10. The number of carbonyl (C=O) groups excluding carboxylic acids is 1. The van der Waals surface area contributed by atoms with Crippen LogP contribution >= 0.6 is 0 Å². The van der Waals surface area contributed by atoms with Gasteiger partial charge in [0.2, 0.25) is 0 Å². The number of aromatic hydroxyl groups is 1. The van der Waals surface area contributed by atoms with Gasteiger partial charge in [0.1, 0.15) is 11.5 Å². The number of phenols is 1. The lowest BCUT2D eigenvalue weighted by molar-refractivity contribution is 0.112. The Bertz CT molecular complexity index is 318. The lowest BCUT2D eigenvalue weighted by Crippen LogP contribution is -1.95. The summed E-state index contributed by atoms with van der Waals surface area (Å²) in [4.78, 5) is 10.4. The summed E-state index contributed by atoms with van der Waals surface area (Å²) in [5, 5.41) is 9.33. The minimum Gasteiger partial charge on any atom is -0.507 e. The van der Waals surface area contributed by atoms with Crippen molar-refractivity contribution in [1.29, 1.82) is 0 Å². The predicted molar refractivity (Wildman–Crippen MR) is 49.4 cm³/mol. The van der Waals surface area contributed by atoms with E-state index >= 15 is 0 Å². The van der Waals surface area contributed by atoms with Gasteiger partial charge < -0.3 is 9.84 Å². The molecule has 0 atom stereocenters. The van der Waals surface area contributed by atoms with Crippen LogP contribution in [-0.2, 0) is 0 Å². The zero-order chi connectivity index (χ0) is 9.84. The van der Waals surface area contributed by atoms with E-state index in [1.165, 1.54) is 6.07 Å². The largest absolute Gasteiger partial charge is 0.507 e. The molecule has 0 fully saturated rings. The molecule has 0 aliphatic carbocycles. The molecule has 0 bridgehead atoms. The van der Waals surface area contributed by atoms with Crippen molar-refractivity contribution in [2.45, 2.75) is 13.8 Å². The number of phenolic OH excluding ortho intramolecular Hbond substituents is 1. The summed E-state index contributed by atoms with van der Waals surface area (Å²) in [6.07, 6.45) is 0.623. The third-order valence-corrected chi connectivity index (χ3v) is 1.75. The molecule has 3 nitrogen and oxygen atoms in total. The van der Waals surface area contributed by atoms with E-state index < -0.39 is 0 Å². The van der Waals surface area contributed by atoms with Crippen molar-refractivity contribution in [1.82, 2.24) is 0 Å². The third-order valence-electron chi connectivity index (χ3n) is 1.75. The van der Waals surface area contributed by atoms with Gasteiger partial charge in [-0.15, -0.1) is 0 Å². The van der Waals surface area contributed by atoms with E-state index in [0.29, 0.717) is 24.2 Å². The fourth-order valence-corrected chi connectivity index (χ4v) is 1.11. The molecule has 0 heterocycles. The van der Waals surface area contributed by atoms with E-state index in [1.54, 1.807) is 6.07 Å². The van der Waals surface area contributed by atoms with Gasteiger partial charge in [-0.2, -0.15) is 0 Å². The Hall–Kier alpha value is -1.51. The molecule has 1 rings (SSSR count). The van der Waals surface area contributed by atoms with Crippen LogP contribution in [0.5, 0.6) is 11.5 Å². The molecule has 1 aromatic rings. The normalized spacial score (nSPS) is 9.69. The van der Waals surface area contributed by atoms with Crippen LogP contribution in [0.1, 0.15) is 22.8 Å². The van der Waals surface area contributed by atoms with Gasteiger partial charge in [0.25, 0.3) is 0 Å². The van der Waals surface area contributed by atoms with E-state index in [-0.39, 0.29) is 5.75 Å². The number of aldehydes is 1. The summed E-state index contributed by atoms with van der Waals surface area (Å²) in [6, 6.07) is 3.07. The van der Waals surface area contributed by atoms with Gasteiger partial charge in [0, 0.05) is 6.07 Å². The molecule has 0 radical (unpaired) electrons. The standard InChI is InChI=1S/C10H12O3/c1-3-13-10-5-9(12)8(6-11)4-7(10)2/h4-6,12H,3H2,1-2H3. The molecular formula is C10H12O3. The Labute approximate surface area is 77.0 Å². The summed E-state index contributed by atoms with van der Waals surface area (Å²) in [6.45, 7) is 4.24. The van der Waals surface area contributed by atoms with Crippen LogP contribution in [0.25, 0.3) is 0 Å². The Kier molecular flexibility index (Phi) is 2.90. The van der Waals surface area contributed by atoms with Crippen LogP contribution < -0.4 is 4.74 Å². The Morgan fingerprint density at radius 1 is 1.54 bits per heavy atom. The molecule has 0 saturated heterocycles. The maximum Gasteiger partial charge on any atom is 0.153 e. The predicted octanol–water partition coefficient (Wildman–Crippen LogP) is 1.91. The average Bonchev–Trinajstić information content (AvgIpc) is 2.11. The fourth-order valence-electron chi connectivity index (χ4n) is 1.11. The molecule has 1 N–H and O–H groups in total. The summed E-state index contributed by atoms with van der Waals surface area (Å²) < 4.78 is 5.24. The SMILES string of the molecule is CCOc1cc(O)c(C=O)cc1C. The van der Waals surface area contributed by atoms with Crippen molar-refractivity contribution in [2.75, 3.05) is 6.61 Å². The van der Waals surface area contributed by atoms with Crippen LogP contribution in [-0.4, -0.2) is 18.0 Å². The molecule has 70 valence electrons. The Morgan fingerprint density at radius 2 is 2.23 bits per heavy atom. The maximum atomic E-state index is 10.4. The summed E-state index contributed by atoms with van der Waals surface area (Å²) >= 11 is 0. The topological polar surface area (TPSA) is 46.5 Å². The molecule has 0 aliphatic rings. The monoisotopic (exact) mass is 180 g/mol. The lowest BCUT2D eigenvalue weighted by Gasteiger charge is -2.08. The van der Waals surface area contributed by atoms with E-state index in [9.17, 15) is 9.90 Å². The molecule has 13 heavy (non-hydrogen) atoms. The highest BCUT2D eigenvalue weighted by molar-refractivity contribution is 5.80. The van der Waals surface area contributed by atoms with Crippen LogP contribution in [0.15, 0.2) is 12.1 Å². The molecule has 1 aromatic carbocycles. The highest BCUT2D eigenvalue weighted by Crippen LogP contribution is 2.26. The highest BCUT2D eigenvalue weighted by atomic mass is 16.5. The summed E-state index contributed by atoms with van der Waals surface area (Å²) in [5.41, 5.74) is 1.14. The number of rotatable bonds is 3. The fraction of sp³-hybridized carbons (Fsp3) is 0.300. The van der Waals surface area contributed by atoms with E-state index in [1.807, 2.05) is 13.8 Å². The van der Waals surface area contributed by atoms with E-state index in [2.05, 4.69) is 0 Å². The highest BCUT2D eigenvalue weighted by Gasteiger charge is 2.05. The minimum absolute atomic E-state index is 0.0379. The first-order chi connectivity index (χ1) is 6.19. The van der Waals surface area contributed by atoms with Crippen molar-refractivity contribution in [3.63, 3.8) is 0 Å². The van der Waals surface area contributed by atoms with Crippen molar-refractivity contribution in [3.8, 4) is 11.5 Å². The van der Waals surface area contributed by atoms with Crippen molar-refractivity contribution >= 4 is 6.29 Å². The van der Waals surface area contributed by atoms with Crippen molar-refractivity contribution in [2.24, 2.45) is 0 Å². The van der Waals surface area contributed by atoms with Crippen LogP contribution in [0, 0.1) is 6.92 Å². The molecular weight excluding hydrogens is 168 g/mol. The molecule has 0 aliphatic heterocycles. The second-order valence-electron chi connectivity index (χ2n) is 2.73. The summed E-state index contributed by atoms with van der Waals surface area (Å²) in [5.74, 6) is 0.578. The quantitative estimate of drug-likeness (QED) is 0.723. The van der Waals surface area contributed by atoms with Crippen molar-refractivity contribution < 1.29 is 14.6 Å². The van der Waals surface area contributed by atoms with Gasteiger partial charge in [0.15, 0.2) is 6.29 Å². The molecule has 0 spiro atoms. The van der Waals surface area contributed by atoms with Gasteiger partial charge in [0.05, 0.1) is 12.2 Å². The van der Waals surface area contributed by atoms with Gasteiger partial charge in [-0.3, -0.25) is 4.79 Å². The molecule has 0 saturated carbocycles. The van der Waals surface area contributed by atoms with E-state index in [0.717, 1.165) is 5.56 Å². The maximum absolute atomic E-state index is 10.4. The number of hydrogen-bond donors (Lipinski definition) is 1. The number of ether oxygens (including phenoxy) is 1. The van der Waals surface area contributed by atoms with E-state index in [4.69, 9.17) is 4.74 Å². The number of aryl methyl sites for hydroxylation is 1. The summed E-state index contributed by atoms with van der Waals surface area (Å²) in [7, 11) is 0. The Morgan fingerprint density at radius 3 is 2.77 bits per heavy atom. The number of carbonyl (C=O) groups is 1. The molecule has 0 unspecified atom stereocenters. The van der Waals surface area contributed by atoms with Crippen LogP contribution in [0.3, 0.4) is 0 Å². The first-order valence-electron chi connectivity index (χ1n) is 4.10. The Balaban J connectivity index is 3.12.